The summed E-state index contributed by atoms with van der Waals surface area (Å²) in [5, 5.41) is 20.6. The van der Waals surface area contributed by atoms with E-state index in [2.05, 4.69) is 18.4 Å². The highest BCUT2D eigenvalue weighted by molar-refractivity contribution is 6.30. The van der Waals surface area contributed by atoms with Crippen LogP contribution in [0.4, 0.5) is 4.39 Å². The van der Waals surface area contributed by atoms with Crippen LogP contribution in [0.5, 0.6) is 5.75 Å². The lowest BCUT2D eigenvalue weighted by Crippen LogP contribution is -2.40. The number of carboxylic acid groups (broad SMARTS) is 1. The standard InChI is InChI=1S/C23H23ClFNO3/c1-12(2)21-20(13-10-23(3,11-13)22(28)29)16-9-15(27)5-7-19(16)26(21)14-4-6-18(25)17(24)8-14/h4-9,12-13,27H,10-11H2,1-3H3,(H,28,29)/t13-,23+. The predicted molar refractivity (Wildman–Crippen MR) is 112 cm³/mol. The molecule has 29 heavy (non-hydrogen) atoms. The number of fused-ring (bicyclic) bond motifs is 1. The molecule has 1 fully saturated rings. The van der Waals surface area contributed by atoms with Crippen LogP contribution in [0.15, 0.2) is 36.4 Å². The molecule has 0 unspecified atom stereocenters. The highest BCUT2D eigenvalue weighted by Crippen LogP contribution is 2.55. The Morgan fingerprint density at radius 1 is 1.24 bits per heavy atom. The minimum absolute atomic E-state index is 0.0430. The van der Waals surface area contributed by atoms with Crippen molar-refractivity contribution in [1.29, 1.82) is 0 Å². The normalized spacial score (nSPS) is 21.5. The Hall–Kier alpha value is -2.53. The second-order valence-corrected chi connectivity index (χ2v) is 8.97. The fourth-order valence-electron chi connectivity index (χ4n) is 4.63. The fraction of sp³-hybridized carbons (Fsp3) is 0.348. The van der Waals surface area contributed by atoms with Crippen LogP contribution in [-0.2, 0) is 4.79 Å². The molecule has 0 aliphatic heterocycles. The van der Waals surface area contributed by atoms with Gasteiger partial charge in [0.25, 0.3) is 0 Å². The Balaban J connectivity index is 1.98. The van der Waals surface area contributed by atoms with Crippen molar-refractivity contribution in [2.75, 3.05) is 0 Å². The highest BCUT2D eigenvalue weighted by atomic mass is 35.5. The van der Waals surface area contributed by atoms with E-state index in [-0.39, 0.29) is 22.6 Å². The third-order valence-electron chi connectivity index (χ3n) is 6.05. The minimum Gasteiger partial charge on any atom is -0.508 e. The van der Waals surface area contributed by atoms with E-state index < -0.39 is 17.2 Å². The van der Waals surface area contributed by atoms with Crippen LogP contribution in [0.1, 0.15) is 56.7 Å². The number of aromatic hydroxyl groups is 1. The number of phenolic OH excluding ortho intramolecular Hbond substituents is 1. The van der Waals surface area contributed by atoms with Crippen molar-refractivity contribution in [3.8, 4) is 11.4 Å². The SMILES string of the molecule is CC(C)c1c([C@H]2C[C@@](C)(C(=O)O)C2)c2cc(O)ccc2n1-c1ccc(F)c(Cl)c1. The number of hydrogen-bond acceptors (Lipinski definition) is 2. The van der Waals surface area contributed by atoms with Gasteiger partial charge in [-0.05, 0) is 73.6 Å². The first kappa shape index (κ1) is 19.8. The zero-order valence-corrected chi connectivity index (χ0v) is 17.3. The van der Waals surface area contributed by atoms with Gasteiger partial charge in [0.2, 0.25) is 0 Å². The van der Waals surface area contributed by atoms with Crippen molar-refractivity contribution in [3.63, 3.8) is 0 Å². The van der Waals surface area contributed by atoms with Crippen LogP contribution in [0.3, 0.4) is 0 Å². The number of nitrogens with zero attached hydrogens (tertiary/aromatic N) is 1. The first-order valence-corrected chi connectivity index (χ1v) is 10.1. The van der Waals surface area contributed by atoms with E-state index in [1.807, 2.05) is 6.07 Å². The molecule has 2 N–H and O–H groups in total. The largest absolute Gasteiger partial charge is 0.508 e. The second kappa shape index (κ2) is 6.77. The molecule has 1 heterocycles. The summed E-state index contributed by atoms with van der Waals surface area (Å²) in [6, 6.07) is 9.83. The number of carboxylic acids is 1. The van der Waals surface area contributed by atoms with Gasteiger partial charge in [0, 0.05) is 16.8 Å². The molecule has 4 rings (SSSR count). The van der Waals surface area contributed by atoms with Crippen molar-refractivity contribution < 1.29 is 19.4 Å². The van der Waals surface area contributed by atoms with Gasteiger partial charge in [0.05, 0.1) is 16.0 Å². The van der Waals surface area contributed by atoms with Gasteiger partial charge in [-0.1, -0.05) is 25.4 Å². The Morgan fingerprint density at radius 3 is 2.52 bits per heavy atom. The number of phenols is 1. The molecular weight excluding hydrogens is 393 g/mol. The summed E-state index contributed by atoms with van der Waals surface area (Å²) in [4.78, 5) is 11.6. The molecule has 0 amide bonds. The average molecular weight is 416 g/mol. The fourth-order valence-corrected chi connectivity index (χ4v) is 4.80. The van der Waals surface area contributed by atoms with Gasteiger partial charge >= 0.3 is 5.97 Å². The first-order chi connectivity index (χ1) is 13.6. The zero-order valence-electron chi connectivity index (χ0n) is 16.5. The van der Waals surface area contributed by atoms with Gasteiger partial charge in [-0.15, -0.1) is 0 Å². The van der Waals surface area contributed by atoms with Gasteiger partial charge in [0.15, 0.2) is 0 Å². The molecule has 1 saturated carbocycles. The Bertz CT molecular complexity index is 1130. The van der Waals surface area contributed by atoms with Crippen molar-refractivity contribution in [1.82, 2.24) is 4.57 Å². The smallest absolute Gasteiger partial charge is 0.309 e. The number of hydrogen-bond donors (Lipinski definition) is 2. The summed E-state index contributed by atoms with van der Waals surface area (Å²) in [5.41, 5.74) is 2.98. The number of aliphatic carboxylic acids is 1. The number of benzene rings is 2. The van der Waals surface area contributed by atoms with Gasteiger partial charge in [-0.25, -0.2) is 4.39 Å². The van der Waals surface area contributed by atoms with E-state index in [1.165, 1.54) is 6.07 Å². The van der Waals surface area contributed by atoms with E-state index in [0.717, 1.165) is 27.8 Å². The Kier molecular flexibility index (Phi) is 4.61. The molecule has 0 spiro atoms. The molecule has 1 aromatic heterocycles. The monoisotopic (exact) mass is 415 g/mol. The van der Waals surface area contributed by atoms with E-state index in [0.29, 0.717) is 12.8 Å². The third-order valence-corrected chi connectivity index (χ3v) is 6.34. The maximum Gasteiger partial charge on any atom is 0.309 e. The van der Waals surface area contributed by atoms with Gasteiger partial charge < -0.3 is 14.8 Å². The van der Waals surface area contributed by atoms with E-state index in [1.54, 1.807) is 31.2 Å². The van der Waals surface area contributed by atoms with Crippen LogP contribution < -0.4 is 0 Å². The Morgan fingerprint density at radius 2 is 1.93 bits per heavy atom. The molecule has 0 radical (unpaired) electrons. The maximum atomic E-state index is 13.8. The van der Waals surface area contributed by atoms with Crippen LogP contribution in [0.25, 0.3) is 16.6 Å². The van der Waals surface area contributed by atoms with Crippen LogP contribution in [0, 0.1) is 11.2 Å². The number of carbonyl (C=O) groups is 1. The maximum absolute atomic E-state index is 13.8. The summed E-state index contributed by atoms with van der Waals surface area (Å²) < 4.78 is 15.8. The summed E-state index contributed by atoms with van der Waals surface area (Å²) in [6.45, 7) is 5.93. The molecule has 0 saturated heterocycles. The molecular formula is C23H23ClFNO3. The number of aromatic nitrogens is 1. The lowest BCUT2D eigenvalue weighted by molar-refractivity contribution is -0.154. The summed E-state index contributed by atoms with van der Waals surface area (Å²) in [6.07, 6.45) is 1.09. The van der Waals surface area contributed by atoms with Crippen molar-refractivity contribution in [3.05, 3.63) is 58.5 Å². The summed E-state index contributed by atoms with van der Waals surface area (Å²) in [7, 11) is 0. The topological polar surface area (TPSA) is 62.5 Å². The van der Waals surface area contributed by atoms with Crippen molar-refractivity contribution in [2.24, 2.45) is 5.41 Å². The van der Waals surface area contributed by atoms with Crippen molar-refractivity contribution >= 4 is 28.5 Å². The molecule has 6 heteroatoms. The lowest BCUT2D eigenvalue weighted by atomic mass is 9.60. The van der Waals surface area contributed by atoms with Crippen LogP contribution >= 0.6 is 11.6 Å². The van der Waals surface area contributed by atoms with Crippen LogP contribution in [-0.4, -0.2) is 20.7 Å². The molecule has 1 aliphatic carbocycles. The molecule has 2 aromatic carbocycles. The third kappa shape index (κ3) is 3.08. The molecule has 3 aromatic rings. The van der Waals surface area contributed by atoms with Crippen LogP contribution in [0.2, 0.25) is 5.02 Å². The number of halogens is 2. The molecule has 1 aliphatic rings. The average Bonchev–Trinajstić information content (AvgIpc) is 2.95. The van der Waals surface area contributed by atoms with Gasteiger partial charge in [-0.3, -0.25) is 4.79 Å². The molecule has 0 atom stereocenters. The molecule has 152 valence electrons. The Labute approximate surface area is 173 Å². The predicted octanol–water partition coefficient (Wildman–Crippen LogP) is 6.22. The van der Waals surface area contributed by atoms with E-state index >= 15 is 0 Å². The molecule has 0 bridgehead atoms. The quantitative estimate of drug-likeness (QED) is 0.531. The lowest BCUT2D eigenvalue weighted by Gasteiger charge is -2.42. The van der Waals surface area contributed by atoms with E-state index in [4.69, 9.17) is 11.6 Å². The van der Waals surface area contributed by atoms with Gasteiger partial charge in [-0.2, -0.15) is 0 Å². The first-order valence-electron chi connectivity index (χ1n) is 9.68. The summed E-state index contributed by atoms with van der Waals surface area (Å²) >= 11 is 6.06. The second-order valence-electron chi connectivity index (χ2n) is 8.56. The highest BCUT2D eigenvalue weighted by Gasteiger charge is 2.48. The molecule has 4 nitrogen and oxygen atoms in total. The minimum atomic E-state index is -0.781. The van der Waals surface area contributed by atoms with Crippen molar-refractivity contribution in [2.45, 2.75) is 45.4 Å². The van der Waals surface area contributed by atoms with Gasteiger partial charge in [0.1, 0.15) is 11.6 Å². The summed E-state index contributed by atoms with van der Waals surface area (Å²) in [5.74, 6) is -0.900. The van der Waals surface area contributed by atoms with E-state index in [9.17, 15) is 19.4 Å². The number of rotatable bonds is 4. The zero-order chi connectivity index (χ0) is 21.1.